The molecule has 0 aromatic heterocycles. The maximum absolute atomic E-state index is 13.8. The van der Waals surface area contributed by atoms with Gasteiger partial charge in [0.1, 0.15) is 11.6 Å². The monoisotopic (exact) mass is 310 g/mol. The van der Waals surface area contributed by atoms with Gasteiger partial charge in [0.25, 0.3) is 0 Å². The summed E-state index contributed by atoms with van der Waals surface area (Å²) in [7, 11) is 0. The van der Waals surface area contributed by atoms with E-state index in [1.54, 1.807) is 6.92 Å². The van der Waals surface area contributed by atoms with Crippen molar-refractivity contribution < 1.29 is 14.1 Å². The normalized spacial score (nSPS) is 12.0. The molecule has 0 bridgehead atoms. The highest BCUT2D eigenvalue weighted by atomic mass is 35.5. The van der Waals surface area contributed by atoms with Crippen LogP contribution in [0.25, 0.3) is 0 Å². The Morgan fingerprint density at radius 1 is 1.33 bits per heavy atom. The number of nitrogens with zero attached hydrogens (tertiary/aromatic N) is 1. The van der Waals surface area contributed by atoms with Crippen molar-refractivity contribution in [3.05, 3.63) is 62.9 Å². The molecule has 0 saturated carbocycles. The van der Waals surface area contributed by atoms with E-state index in [4.69, 9.17) is 22.1 Å². The molecule has 1 atom stereocenters. The molecule has 0 aliphatic rings. The van der Waals surface area contributed by atoms with Crippen molar-refractivity contribution >= 4 is 17.3 Å². The van der Waals surface area contributed by atoms with Gasteiger partial charge < -0.3 is 10.5 Å². The highest BCUT2D eigenvalue weighted by Crippen LogP contribution is 2.36. The minimum atomic E-state index is -0.619. The second kappa shape index (κ2) is 6.07. The van der Waals surface area contributed by atoms with Crippen molar-refractivity contribution in [2.75, 3.05) is 0 Å². The van der Waals surface area contributed by atoms with Gasteiger partial charge in [-0.15, -0.1) is 0 Å². The summed E-state index contributed by atoms with van der Waals surface area (Å²) in [6.45, 7) is 1.60. The molecule has 5 nitrogen and oxygen atoms in total. The summed E-state index contributed by atoms with van der Waals surface area (Å²) in [5.74, 6) is -0.425. The summed E-state index contributed by atoms with van der Waals surface area (Å²) >= 11 is 5.73. The molecular formula is C14H12ClFN2O3. The van der Waals surface area contributed by atoms with Gasteiger partial charge in [-0.2, -0.15) is 0 Å². The molecule has 0 aliphatic heterocycles. The fourth-order valence-electron chi connectivity index (χ4n) is 1.89. The smallest absolute Gasteiger partial charge is 0.313 e. The van der Waals surface area contributed by atoms with Crippen molar-refractivity contribution in [2.45, 2.75) is 13.0 Å². The zero-order valence-electron chi connectivity index (χ0n) is 11.0. The molecule has 2 aromatic rings. The third-order valence-corrected chi connectivity index (χ3v) is 3.04. The molecule has 0 fully saturated rings. The molecule has 2 rings (SSSR count). The van der Waals surface area contributed by atoms with E-state index >= 15 is 0 Å². The number of nitrogens with two attached hydrogens (primary N) is 1. The first-order valence-electron chi connectivity index (χ1n) is 6.06. The molecule has 0 amide bonds. The van der Waals surface area contributed by atoms with Gasteiger partial charge in [0.2, 0.25) is 5.75 Å². The number of hydrogen-bond acceptors (Lipinski definition) is 4. The number of nitro benzene ring substituents is 1. The largest absolute Gasteiger partial charge is 0.450 e. The molecule has 2 aromatic carbocycles. The van der Waals surface area contributed by atoms with E-state index in [0.717, 1.165) is 0 Å². The van der Waals surface area contributed by atoms with Gasteiger partial charge in [-0.25, -0.2) is 4.39 Å². The molecule has 7 heteroatoms. The summed E-state index contributed by atoms with van der Waals surface area (Å²) < 4.78 is 19.3. The molecule has 21 heavy (non-hydrogen) atoms. The zero-order valence-corrected chi connectivity index (χ0v) is 11.8. The molecule has 0 heterocycles. The number of halogens is 2. The summed E-state index contributed by atoms with van der Waals surface area (Å²) in [6, 6.07) is 7.56. The summed E-state index contributed by atoms with van der Waals surface area (Å²) in [5, 5.41) is 11.2. The van der Waals surface area contributed by atoms with Gasteiger partial charge in [-0.1, -0.05) is 17.7 Å². The summed E-state index contributed by atoms with van der Waals surface area (Å²) in [5.41, 5.74) is 5.57. The van der Waals surface area contributed by atoms with Crippen LogP contribution in [0.1, 0.15) is 18.5 Å². The van der Waals surface area contributed by atoms with Crippen LogP contribution in [0.15, 0.2) is 36.4 Å². The molecular weight excluding hydrogens is 299 g/mol. The Labute approximate surface area is 125 Å². The minimum Gasteiger partial charge on any atom is -0.450 e. The maximum Gasteiger partial charge on any atom is 0.313 e. The molecule has 2 N–H and O–H groups in total. The summed E-state index contributed by atoms with van der Waals surface area (Å²) in [4.78, 5) is 10.4. The Kier molecular flexibility index (Phi) is 4.40. The molecule has 0 radical (unpaired) electrons. The van der Waals surface area contributed by atoms with Crippen LogP contribution >= 0.6 is 11.6 Å². The van der Waals surface area contributed by atoms with Crippen LogP contribution in [0.3, 0.4) is 0 Å². The van der Waals surface area contributed by atoms with Crippen LogP contribution < -0.4 is 10.5 Å². The van der Waals surface area contributed by atoms with E-state index in [0.29, 0.717) is 0 Å². The average molecular weight is 311 g/mol. The number of ether oxygens (including phenoxy) is 1. The van der Waals surface area contributed by atoms with Crippen LogP contribution in [-0.4, -0.2) is 4.92 Å². The van der Waals surface area contributed by atoms with Crippen LogP contribution in [0.5, 0.6) is 11.5 Å². The number of nitro groups is 1. The predicted octanol–water partition coefficient (Wildman–Crippen LogP) is 4.20. The first kappa shape index (κ1) is 15.2. The Bertz CT molecular complexity index is 692. The van der Waals surface area contributed by atoms with E-state index in [2.05, 4.69) is 0 Å². The molecule has 110 valence electrons. The van der Waals surface area contributed by atoms with E-state index in [-0.39, 0.29) is 27.8 Å². The van der Waals surface area contributed by atoms with Gasteiger partial charge in [-0.3, -0.25) is 10.1 Å². The second-order valence-electron chi connectivity index (χ2n) is 4.41. The maximum atomic E-state index is 13.8. The average Bonchev–Trinajstić information content (AvgIpc) is 2.40. The highest BCUT2D eigenvalue weighted by molar-refractivity contribution is 6.30. The minimum absolute atomic E-state index is 0.0306. The van der Waals surface area contributed by atoms with Crippen LogP contribution in [0.4, 0.5) is 10.1 Å². The lowest BCUT2D eigenvalue weighted by Crippen LogP contribution is -2.09. The molecule has 0 spiro atoms. The quantitative estimate of drug-likeness (QED) is 0.678. The Morgan fingerprint density at radius 2 is 2.05 bits per heavy atom. The van der Waals surface area contributed by atoms with E-state index < -0.39 is 16.8 Å². The predicted molar refractivity (Wildman–Crippen MR) is 77.2 cm³/mol. The van der Waals surface area contributed by atoms with Gasteiger partial charge in [0.15, 0.2) is 0 Å². The Balaban J connectivity index is 2.49. The van der Waals surface area contributed by atoms with Crippen LogP contribution in [0, 0.1) is 15.9 Å². The first-order valence-corrected chi connectivity index (χ1v) is 6.43. The zero-order chi connectivity index (χ0) is 15.6. The van der Waals surface area contributed by atoms with E-state index in [9.17, 15) is 14.5 Å². The van der Waals surface area contributed by atoms with Gasteiger partial charge in [-0.05, 0) is 31.2 Å². The first-order chi connectivity index (χ1) is 9.90. The van der Waals surface area contributed by atoms with Gasteiger partial charge >= 0.3 is 5.69 Å². The van der Waals surface area contributed by atoms with Crippen molar-refractivity contribution in [3.63, 3.8) is 0 Å². The highest BCUT2D eigenvalue weighted by Gasteiger charge is 2.20. The SMILES string of the molecule is C[C@@H](N)c1c(F)cccc1Oc1ccc(Cl)cc1[N+](=O)[O-]. The van der Waals surface area contributed by atoms with Crippen LogP contribution in [-0.2, 0) is 0 Å². The van der Waals surface area contributed by atoms with Gasteiger partial charge in [0.05, 0.1) is 4.92 Å². The third kappa shape index (κ3) is 3.29. The van der Waals surface area contributed by atoms with Crippen molar-refractivity contribution in [1.29, 1.82) is 0 Å². The number of hydrogen-bond donors (Lipinski definition) is 1. The molecule has 0 aliphatic carbocycles. The lowest BCUT2D eigenvalue weighted by atomic mass is 10.1. The van der Waals surface area contributed by atoms with Gasteiger partial charge in [0, 0.05) is 22.7 Å². The third-order valence-electron chi connectivity index (χ3n) is 2.81. The van der Waals surface area contributed by atoms with Crippen molar-refractivity contribution in [2.24, 2.45) is 5.73 Å². The summed E-state index contributed by atoms with van der Waals surface area (Å²) in [6.07, 6.45) is 0. The lowest BCUT2D eigenvalue weighted by molar-refractivity contribution is -0.385. The second-order valence-corrected chi connectivity index (χ2v) is 4.85. The Hall–Kier alpha value is -2.18. The number of rotatable bonds is 4. The van der Waals surface area contributed by atoms with Crippen LogP contribution in [0.2, 0.25) is 5.02 Å². The fourth-order valence-corrected chi connectivity index (χ4v) is 2.05. The molecule has 0 saturated heterocycles. The Morgan fingerprint density at radius 3 is 2.67 bits per heavy atom. The van der Waals surface area contributed by atoms with E-state index in [1.807, 2.05) is 0 Å². The fraction of sp³-hybridized carbons (Fsp3) is 0.143. The van der Waals surface area contributed by atoms with Crippen molar-refractivity contribution in [1.82, 2.24) is 0 Å². The van der Waals surface area contributed by atoms with E-state index in [1.165, 1.54) is 36.4 Å². The topological polar surface area (TPSA) is 78.4 Å². The number of benzene rings is 2. The molecule has 0 unspecified atom stereocenters. The standard InChI is InChI=1S/C14H12ClFN2O3/c1-8(17)14-10(16)3-2-4-13(14)21-12-6-5-9(15)7-11(12)18(19)20/h2-8H,17H2,1H3/t8-/m1/s1. The van der Waals surface area contributed by atoms with Crippen molar-refractivity contribution in [3.8, 4) is 11.5 Å². The lowest BCUT2D eigenvalue weighted by Gasteiger charge is -2.14.